The molecule has 0 aromatic heterocycles. The molecule has 0 radical (unpaired) electrons. The van der Waals surface area contributed by atoms with Gasteiger partial charge in [-0.05, 0) is 66.5 Å². The van der Waals surface area contributed by atoms with Gasteiger partial charge in [-0.1, -0.05) is 127 Å². The Morgan fingerprint density at radius 1 is 0.800 bits per heavy atom. The number of benzene rings is 3. The summed E-state index contributed by atoms with van der Waals surface area (Å²) >= 11 is 0. The van der Waals surface area contributed by atoms with E-state index in [0.717, 1.165) is 44.6 Å². The Kier molecular flexibility index (Phi) is 14.2. The summed E-state index contributed by atoms with van der Waals surface area (Å²) in [5.41, 5.74) is 8.59. The molecule has 1 heterocycles. The van der Waals surface area contributed by atoms with Gasteiger partial charge in [0.1, 0.15) is 0 Å². The zero-order valence-electron chi connectivity index (χ0n) is 26.8. The van der Waals surface area contributed by atoms with Crippen molar-refractivity contribution in [3.05, 3.63) is 94.5 Å². The second-order valence-corrected chi connectivity index (χ2v) is 11.8. The van der Waals surface area contributed by atoms with Crippen LogP contribution in [-0.4, -0.2) is 48.9 Å². The molecule has 4 rings (SSSR count). The Morgan fingerprint density at radius 3 is 1.85 bits per heavy atom. The monoisotopic (exact) mass is 542 g/mol. The van der Waals surface area contributed by atoms with Gasteiger partial charge in [0, 0.05) is 31.7 Å². The molecule has 0 aliphatic carbocycles. The van der Waals surface area contributed by atoms with Crippen molar-refractivity contribution in [2.24, 2.45) is 5.92 Å². The third-order valence-electron chi connectivity index (χ3n) is 7.15. The van der Waals surface area contributed by atoms with Gasteiger partial charge in [0.2, 0.25) is 0 Å². The molecular weight excluding hydrogens is 488 g/mol. The summed E-state index contributed by atoms with van der Waals surface area (Å²) in [5, 5.41) is 0. The van der Waals surface area contributed by atoms with Crippen LogP contribution in [0.5, 0.6) is 0 Å². The SMILES string of the molecule is CCC.CCc1cc(-c2ccccc2C(C)C)cc(CC(C)C)c1C(=O)N1CCN(C)CC1.Cc1ccccc1. The lowest BCUT2D eigenvalue weighted by Crippen LogP contribution is -2.47. The Bertz CT molecular complexity index is 1160. The molecule has 3 nitrogen and oxygen atoms in total. The third-order valence-corrected chi connectivity index (χ3v) is 7.15. The molecule has 3 aromatic rings. The fourth-order valence-corrected chi connectivity index (χ4v) is 5.04. The minimum Gasteiger partial charge on any atom is -0.336 e. The van der Waals surface area contributed by atoms with Crippen LogP contribution in [0.3, 0.4) is 0 Å². The number of carbonyl (C=O) groups excluding carboxylic acids is 1. The molecule has 40 heavy (non-hydrogen) atoms. The first kappa shape index (κ1) is 33.3. The fourth-order valence-electron chi connectivity index (χ4n) is 5.04. The summed E-state index contributed by atoms with van der Waals surface area (Å²) < 4.78 is 0. The highest BCUT2D eigenvalue weighted by atomic mass is 16.2. The minimum absolute atomic E-state index is 0.222. The molecule has 3 aromatic carbocycles. The number of hydrogen-bond acceptors (Lipinski definition) is 2. The molecular formula is C37H54N2O. The molecule has 0 saturated carbocycles. The van der Waals surface area contributed by atoms with E-state index in [0.29, 0.717) is 11.8 Å². The van der Waals surface area contributed by atoms with E-state index >= 15 is 0 Å². The predicted molar refractivity (Wildman–Crippen MR) is 174 cm³/mol. The highest BCUT2D eigenvalue weighted by molar-refractivity contribution is 5.98. The average molecular weight is 543 g/mol. The maximum atomic E-state index is 13.6. The molecule has 0 bridgehead atoms. The second kappa shape index (κ2) is 17.0. The van der Waals surface area contributed by atoms with E-state index in [2.05, 4.69) is 121 Å². The van der Waals surface area contributed by atoms with E-state index in [-0.39, 0.29) is 5.91 Å². The first-order valence-electron chi connectivity index (χ1n) is 15.4. The number of likely N-dealkylation sites (N-methyl/N-ethyl adjacent to an activating group) is 1. The molecule has 0 unspecified atom stereocenters. The molecule has 1 aliphatic rings. The molecule has 3 heteroatoms. The molecule has 218 valence electrons. The van der Waals surface area contributed by atoms with Crippen molar-refractivity contribution < 1.29 is 4.79 Å². The van der Waals surface area contributed by atoms with Crippen LogP contribution in [0.1, 0.15) is 93.4 Å². The van der Waals surface area contributed by atoms with Gasteiger partial charge >= 0.3 is 0 Å². The van der Waals surface area contributed by atoms with Crippen LogP contribution in [0, 0.1) is 12.8 Å². The molecule has 0 atom stereocenters. The number of amides is 1. The lowest BCUT2D eigenvalue weighted by Gasteiger charge is -2.33. The van der Waals surface area contributed by atoms with E-state index in [4.69, 9.17) is 0 Å². The Hall–Kier alpha value is -2.91. The van der Waals surface area contributed by atoms with Gasteiger partial charge in [-0.15, -0.1) is 0 Å². The number of aryl methyl sites for hydroxylation is 2. The summed E-state index contributed by atoms with van der Waals surface area (Å²) in [6.45, 7) is 21.0. The first-order valence-corrected chi connectivity index (χ1v) is 15.4. The van der Waals surface area contributed by atoms with Gasteiger partial charge in [-0.25, -0.2) is 0 Å². The van der Waals surface area contributed by atoms with E-state index in [1.165, 1.54) is 39.8 Å². The number of carbonyl (C=O) groups is 1. The summed E-state index contributed by atoms with van der Waals surface area (Å²) in [6, 6.07) is 23.5. The van der Waals surface area contributed by atoms with Crippen molar-refractivity contribution in [3.63, 3.8) is 0 Å². The average Bonchev–Trinajstić information content (AvgIpc) is 2.93. The number of hydrogen-bond donors (Lipinski definition) is 0. The highest BCUT2D eigenvalue weighted by Crippen LogP contribution is 2.33. The van der Waals surface area contributed by atoms with Crippen molar-refractivity contribution in [3.8, 4) is 11.1 Å². The van der Waals surface area contributed by atoms with Gasteiger partial charge in [0.25, 0.3) is 5.91 Å². The lowest BCUT2D eigenvalue weighted by molar-refractivity contribution is 0.0662. The zero-order valence-corrected chi connectivity index (χ0v) is 26.8. The van der Waals surface area contributed by atoms with Gasteiger partial charge in [-0.3, -0.25) is 4.79 Å². The Labute approximate surface area is 245 Å². The molecule has 0 spiro atoms. The molecule has 1 aliphatic heterocycles. The van der Waals surface area contributed by atoms with Crippen molar-refractivity contribution >= 4 is 5.91 Å². The molecule has 1 amide bonds. The topological polar surface area (TPSA) is 23.6 Å². The maximum absolute atomic E-state index is 13.6. The van der Waals surface area contributed by atoms with Crippen molar-refractivity contribution in [1.82, 2.24) is 9.80 Å². The Balaban J connectivity index is 0.000000474. The van der Waals surface area contributed by atoms with Crippen molar-refractivity contribution in [2.45, 2.75) is 80.6 Å². The molecule has 1 fully saturated rings. The molecule has 1 saturated heterocycles. The summed E-state index contributed by atoms with van der Waals surface area (Å²) in [5.74, 6) is 1.19. The third kappa shape index (κ3) is 9.93. The summed E-state index contributed by atoms with van der Waals surface area (Å²) in [7, 11) is 2.13. The minimum atomic E-state index is 0.222. The fraction of sp³-hybridized carbons (Fsp3) is 0.486. The van der Waals surface area contributed by atoms with E-state index in [1.54, 1.807) is 0 Å². The van der Waals surface area contributed by atoms with Crippen molar-refractivity contribution in [1.29, 1.82) is 0 Å². The second-order valence-electron chi connectivity index (χ2n) is 11.8. The number of piperazine rings is 1. The Morgan fingerprint density at radius 2 is 1.35 bits per heavy atom. The highest BCUT2D eigenvalue weighted by Gasteiger charge is 2.26. The van der Waals surface area contributed by atoms with Gasteiger partial charge in [0.15, 0.2) is 0 Å². The maximum Gasteiger partial charge on any atom is 0.254 e. The lowest BCUT2D eigenvalue weighted by atomic mass is 9.86. The van der Waals surface area contributed by atoms with Gasteiger partial charge < -0.3 is 9.80 Å². The zero-order chi connectivity index (χ0) is 29.7. The first-order chi connectivity index (χ1) is 19.1. The van der Waals surface area contributed by atoms with Crippen LogP contribution < -0.4 is 0 Å². The normalized spacial score (nSPS) is 13.4. The predicted octanol–water partition coefficient (Wildman–Crippen LogP) is 9.04. The standard InChI is InChI=1S/C27H38N2O.C7H8.C3H8/c1-7-21-17-22(25-11-9-8-10-24(25)20(4)5)18-23(16-19(2)3)26(21)27(30)29-14-12-28(6)13-15-29;1-7-5-3-2-4-6-7;1-3-2/h8-11,17-20H,7,12-16H2,1-6H3;2-6H,1H3;3H2,1-2H3. The van der Waals surface area contributed by atoms with Gasteiger partial charge in [-0.2, -0.15) is 0 Å². The van der Waals surface area contributed by atoms with E-state index in [9.17, 15) is 4.79 Å². The van der Waals surface area contributed by atoms with Crippen LogP contribution in [-0.2, 0) is 12.8 Å². The van der Waals surface area contributed by atoms with Crippen LogP contribution >= 0.6 is 0 Å². The summed E-state index contributed by atoms with van der Waals surface area (Å²) in [4.78, 5) is 18.0. The number of nitrogens with zero attached hydrogens (tertiary/aromatic N) is 2. The quantitative estimate of drug-likeness (QED) is 0.310. The van der Waals surface area contributed by atoms with E-state index in [1.807, 2.05) is 18.2 Å². The molecule has 0 N–H and O–H groups in total. The van der Waals surface area contributed by atoms with Crippen LogP contribution in [0.25, 0.3) is 11.1 Å². The van der Waals surface area contributed by atoms with Crippen LogP contribution in [0.4, 0.5) is 0 Å². The number of rotatable bonds is 6. The largest absolute Gasteiger partial charge is 0.336 e. The van der Waals surface area contributed by atoms with Crippen molar-refractivity contribution in [2.75, 3.05) is 33.2 Å². The smallest absolute Gasteiger partial charge is 0.254 e. The van der Waals surface area contributed by atoms with Crippen LogP contribution in [0.2, 0.25) is 0 Å². The van der Waals surface area contributed by atoms with E-state index < -0.39 is 0 Å². The van der Waals surface area contributed by atoms with Crippen LogP contribution in [0.15, 0.2) is 66.7 Å². The summed E-state index contributed by atoms with van der Waals surface area (Å²) in [6.07, 6.45) is 3.05. The van der Waals surface area contributed by atoms with Gasteiger partial charge in [0.05, 0.1) is 0 Å².